The fourth-order valence-electron chi connectivity index (χ4n) is 0.754. The predicted molar refractivity (Wildman–Crippen MR) is 42.6 cm³/mol. The van der Waals surface area contributed by atoms with Crippen molar-refractivity contribution >= 4 is 0 Å². The molecule has 0 aliphatic carbocycles. The molecule has 0 aliphatic rings. The zero-order valence-electron chi connectivity index (χ0n) is 6.46. The molecule has 1 rings (SSSR count). The summed E-state index contributed by atoms with van der Waals surface area (Å²) in [6.45, 7) is 0.715. The van der Waals surface area contributed by atoms with Crippen molar-refractivity contribution in [2.75, 3.05) is 13.2 Å². The minimum atomic E-state index is -0.690. The summed E-state index contributed by atoms with van der Waals surface area (Å²) >= 11 is 0. The molecule has 0 fully saturated rings. The lowest BCUT2D eigenvalue weighted by molar-refractivity contribution is 0.324. The van der Waals surface area contributed by atoms with Gasteiger partial charge in [-0.05, 0) is 12.1 Å². The summed E-state index contributed by atoms with van der Waals surface area (Å²) in [5, 5.41) is 8.81. The Kier molecular flexibility index (Phi) is 2.88. The first-order valence-electron chi connectivity index (χ1n) is 3.55. The van der Waals surface area contributed by atoms with Gasteiger partial charge in [-0.25, -0.2) is 4.39 Å². The van der Waals surface area contributed by atoms with Gasteiger partial charge in [0.15, 0.2) is 11.6 Å². The van der Waals surface area contributed by atoms with Gasteiger partial charge in [-0.2, -0.15) is 0 Å². The van der Waals surface area contributed by atoms with Gasteiger partial charge in [0.05, 0.1) is 0 Å². The Bertz CT molecular complexity index is 265. The Balaban J connectivity index is 2.69. The normalized spacial score (nSPS) is 9.83. The van der Waals surface area contributed by atoms with Gasteiger partial charge in [0.1, 0.15) is 12.4 Å². The van der Waals surface area contributed by atoms with E-state index in [1.54, 1.807) is 0 Å². The van der Waals surface area contributed by atoms with E-state index in [2.05, 4.69) is 0 Å². The highest BCUT2D eigenvalue weighted by atomic mass is 19.1. The van der Waals surface area contributed by atoms with E-state index in [1.807, 2.05) is 0 Å². The van der Waals surface area contributed by atoms with Crippen LogP contribution >= 0.6 is 0 Å². The van der Waals surface area contributed by atoms with E-state index in [0.29, 0.717) is 18.9 Å². The maximum Gasteiger partial charge on any atom is 0.168 e. The summed E-state index contributed by atoms with van der Waals surface area (Å²) in [6, 6.07) is 3.83. The minimum absolute atomic E-state index is 0.338. The molecule has 1 aromatic rings. The minimum Gasteiger partial charge on any atom is -0.505 e. The molecule has 66 valence electrons. The van der Waals surface area contributed by atoms with Gasteiger partial charge in [-0.1, -0.05) is 0 Å². The van der Waals surface area contributed by atoms with Gasteiger partial charge < -0.3 is 15.6 Å². The highest BCUT2D eigenvalue weighted by Crippen LogP contribution is 2.20. The molecule has 0 saturated heterocycles. The zero-order valence-corrected chi connectivity index (χ0v) is 6.46. The predicted octanol–water partition coefficient (Wildman–Crippen LogP) is 0.869. The summed E-state index contributed by atoms with van der Waals surface area (Å²) in [7, 11) is 0. The van der Waals surface area contributed by atoms with E-state index in [0.717, 1.165) is 6.07 Å². The molecule has 0 spiro atoms. The van der Waals surface area contributed by atoms with E-state index in [4.69, 9.17) is 15.6 Å². The Morgan fingerprint density at radius 1 is 1.50 bits per heavy atom. The summed E-state index contributed by atoms with van der Waals surface area (Å²) in [5.41, 5.74) is 5.18. The van der Waals surface area contributed by atoms with Crippen molar-refractivity contribution in [3.05, 3.63) is 24.0 Å². The molecule has 0 atom stereocenters. The molecule has 1 aromatic carbocycles. The van der Waals surface area contributed by atoms with Crippen molar-refractivity contribution in [3.8, 4) is 11.5 Å². The van der Waals surface area contributed by atoms with Crippen molar-refractivity contribution < 1.29 is 14.2 Å². The summed E-state index contributed by atoms with van der Waals surface area (Å²) in [4.78, 5) is 0. The van der Waals surface area contributed by atoms with Crippen LogP contribution < -0.4 is 10.5 Å². The van der Waals surface area contributed by atoms with E-state index in [9.17, 15) is 4.39 Å². The molecule has 0 radical (unpaired) electrons. The van der Waals surface area contributed by atoms with Gasteiger partial charge in [-0.3, -0.25) is 0 Å². The largest absolute Gasteiger partial charge is 0.505 e. The number of hydrogen-bond donors (Lipinski definition) is 2. The topological polar surface area (TPSA) is 55.5 Å². The van der Waals surface area contributed by atoms with Crippen LogP contribution in [0.5, 0.6) is 11.5 Å². The summed E-state index contributed by atoms with van der Waals surface area (Å²) in [6.07, 6.45) is 0. The second-order valence-electron chi connectivity index (χ2n) is 2.25. The fourth-order valence-corrected chi connectivity index (χ4v) is 0.754. The van der Waals surface area contributed by atoms with Crippen LogP contribution in [-0.4, -0.2) is 18.3 Å². The Labute approximate surface area is 69.6 Å². The fraction of sp³-hybridized carbons (Fsp3) is 0.250. The number of ether oxygens (including phenoxy) is 1. The SMILES string of the molecule is NCCOc1ccc(O)c(F)c1. The lowest BCUT2D eigenvalue weighted by Crippen LogP contribution is -2.10. The number of phenolic OH excluding ortho intramolecular Hbond substituents is 1. The van der Waals surface area contributed by atoms with E-state index < -0.39 is 5.82 Å². The van der Waals surface area contributed by atoms with E-state index >= 15 is 0 Å². The van der Waals surface area contributed by atoms with Crippen molar-refractivity contribution in [1.82, 2.24) is 0 Å². The summed E-state index contributed by atoms with van der Waals surface area (Å²) < 4.78 is 17.7. The first-order chi connectivity index (χ1) is 5.74. The quantitative estimate of drug-likeness (QED) is 0.709. The first-order valence-corrected chi connectivity index (χ1v) is 3.55. The van der Waals surface area contributed by atoms with Gasteiger partial charge in [0.25, 0.3) is 0 Å². The monoisotopic (exact) mass is 171 g/mol. The average molecular weight is 171 g/mol. The Morgan fingerprint density at radius 3 is 2.83 bits per heavy atom. The maximum atomic E-state index is 12.6. The smallest absolute Gasteiger partial charge is 0.168 e. The van der Waals surface area contributed by atoms with Crippen LogP contribution in [0.3, 0.4) is 0 Å². The van der Waals surface area contributed by atoms with Crippen LogP contribution in [0.2, 0.25) is 0 Å². The molecule has 0 aromatic heterocycles. The maximum absolute atomic E-state index is 12.6. The van der Waals surface area contributed by atoms with Crippen LogP contribution in [0.15, 0.2) is 18.2 Å². The zero-order chi connectivity index (χ0) is 8.97. The molecule has 0 saturated carbocycles. The third-order valence-electron chi connectivity index (χ3n) is 1.31. The van der Waals surface area contributed by atoms with Crippen molar-refractivity contribution in [2.45, 2.75) is 0 Å². The van der Waals surface area contributed by atoms with Crippen LogP contribution in [0.1, 0.15) is 0 Å². The standard InChI is InChI=1S/C8H10FNO2/c9-7-5-6(12-4-3-10)1-2-8(7)11/h1-2,5,11H,3-4,10H2. The molecule has 3 N–H and O–H groups in total. The van der Waals surface area contributed by atoms with E-state index in [-0.39, 0.29) is 5.75 Å². The molecular formula is C8H10FNO2. The molecule has 0 amide bonds. The lowest BCUT2D eigenvalue weighted by Gasteiger charge is -2.04. The first kappa shape index (κ1) is 8.80. The van der Waals surface area contributed by atoms with Gasteiger partial charge >= 0.3 is 0 Å². The van der Waals surface area contributed by atoms with Crippen LogP contribution in [0, 0.1) is 5.82 Å². The average Bonchev–Trinajstić information content (AvgIpc) is 2.07. The Morgan fingerprint density at radius 2 is 2.25 bits per heavy atom. The van der Waals surface area contributed by atoms with Crippen molar-refractivity contribution in [3.63, 3.8) is 0 Å². The molecule has 12 heavy (non-hydrogen) atoms. The second kappa shape index (κ2) is 3.92. The third kappa shape index (κ3) is 2.10. The molecule has 0 bridgehead atoms. The molecule has 0 aliphatic heterocycles. The van der Waals surface area contributed by atoms with Crippen molar-refractivity contribution in [2.24, 2.45) is 5.73 Å². The van der Waals surface area contributed by atoms with Gasteiger partial charge in [0, 0.05) is 12.6 Å². The number of benzene rings is 1. The van der Waals surface area contributed by atoms with Crippen LogP contribution in [0.4, 0.5) is 4.39 Å². The Hall–Kier alpha value is -1.29. The molecule has 4 heteroatoms. The summed E-state index contributed by atoms with van der Waals surface area (Å²) in [5.74, 6) is -0.699. The van der Waals surface area contributed by atoms with Crippen molar-refractivity contribution in [1.29, 1.82) is 0 Å². The van der Waals surface area contributed by atoms with Gasteiger partial charge in [0.2, 0.25) is 0 Å². The number of hydrogen-bond acceptors (Lipinski definition) is 3. The van der Waals surface area contributed by atoms with E-state index in [1.165, 1.54) is 12.1 Å². The molecular weight excluding hydrogens is 161 g/mol. The number of phenols is 1. The molecule has 0 heterocycles. The number of aromatic hydroxyl groups is 1. The van der Waals surface area contributed by atoms with Crippen LogP contribution in [-0.2, 0) is 0 Å². The number of rotatable bonds is 3. The second-order valence-corrected chi connectivity index (χ2v) is 2.25. The lowest BCUT2D eigenvalue weighted by atomic mass is 10.3. The number of nitrogens with two attached hydrogens (primary N) is 1. The highest BCUT2D eigenvalue weighted by Gasteiger charge is 2.01. The molecule has 0 unspecified atom stereocenters. The highest BCUT2D eigenvalue weighted by molar-refractivity contribution is 5.31. The van der Waals surface area contributed by atoms with Gasteiger partial charge in [-0.15, -0.1) is 0 Å². The number of halogens is 1. The molecule has 3 nitrogen and oxygen atoms in total. The van der Waals surface area contributed by atoms with Crippen LogP contribution in [0.25, 0.3) is 0 Å². The third-order valence-corrected chi connectivity index (χ3v) is 1.31.